The molecule has 2 aromatic carbocycles. The minimum Gasteiger partial charge on any atom is -0.497 e. The molecule has 0 saturated carbocycles. The molecule has 0 radical (unpaired) electrons. The molecule has 0 fully saturated rings. The number of carbonyl (C=O) groups excluding carboxylic acids is 2. The molecule has 1 amide bonds. The molecule has 0 aromatic heterocycles. The maximum atomic E-state index is 12.0. The number of halogens is 1. The Morgan fingerprint density at radius 2 is 1.88 bits per heavy atom. The Kier molecular flexibility index (Phi) is 6.21. The van der Waals surface area contributed by atoms with Crippen LogP contribution in [0.15, 0.2) is 48.5 Å². The molecule has 6 heteroatoms. The Morgan fingerprint density at radius 3 is 2.54 bits per heavy atom. The van der Waals surface area contributed by atoms with E-state index in [-0.39, 0.29) is 6.42 Å². The molecule has 0 spiro atoms. The predicted octanol–water partition coefficient (Wildman–Crippen LogP) is 3.46. The molecule has 0 saturated heterocycles. The van der Waals surface area contributed by atoms with Gasteiger partial charge in [-0.2, -0.15) is 0 Å². The maximum absolute atomic E-state index is 12.0. The van der Waals surface area contributed by atoms with Crippen molar-refractivity contribution in [1.29, 1.82) is 0 Å². The highest BCUT2D eigenvalue weighted by atomic mass is 35.5. The molecule has 24 heavy (non-hydrogen) atoms. The largest absolute Gasteiger partial charge is 0.497 e. The van der Waals surface area contributed by atoms with Crippen LogP contribution >= 0.6 is 11.6 Å². The fraction of sp³-hybridized carbons (Fsp3) is 0.222. The van der Waals surface area contributed by atoms with Gasteiger partial charge in [-0.25, -0.2) is 0 Å². The number of hydrogen-bond acceptors (Lipinski definition) is 4. The summed E-state index contributed by atoms with van der Waals surface area (Å²) in [6.45, 7) is 1.52. The summed E-state index contributed by atoms with van der Waals surface area (Å²) < 4.78 is 10.3. The lowest BCUT2D eigenvalue weighted by molar-refractivity contribution is -0.152. The highest BCUT2D eigenvalue weighted by Crippen LogP contribution is 2.15. The smallest absolute Gasteiger partial charge is 0.311 e. The lowest BCUT2D eigenvalue weighted by atomic mass is 10.1. The number of methoxy groups -OCH3 is 1. The summed E-state index contributed by atoms with van der Waals surface area (Å²) in [6, 6.07) is 13.8. The van der Waals surface area contributed by atoms with Crippen molar-refractivity contribution in [2.45, 2.75) is 19.4 Å². The molecule has 0 aliphatic heterocycles. The SMILES string of the molecule is COc1cccc(CC(=O)O[C@@H](C)C(=O)Nc2ccc(Cl)cc2)c1. The van der Waals surface area contributed by atoms with Crippen molar-refractivity contribution >= 4 is 29.2 Å². The first-order valence-corrected chi connectivity index (χ1v) is 7.74. The van der Waals surface area contributed by atoms with E-state index in [2.05, 4.69) is 5.32 Å². The monoisotopic (exact) mass is 347 g/mol. The minimum absolute atomic E-state index is 0.0652. The zero-order valence-electron chi connectivity index (χ0n) is 13.4. The number of rotatable bonds is 6. The van der Waals surface area contributed by atoms with Gasteiger partial charge in [-0.3, -0.25) is 9.59 Å². The van der Waals surface area contributed by atoms with Crippen LogP contribution in [0.2, 0.25) is 5.02 Å². The normalized spacial score (nSPS) is 11.5. The van der Waals surface area contributed by atoms with Crippen LogP contribution in [0.25, 0.3) is 0 Å². The van der Waals surface area contributed by atoms with E-state index in [1.54, 1.807) is 55.6 Å². The van der Waals surface area contributed by atoms with Gasteiger partial charge in [0.1, 0.15) is 5.75 Å². The van der Waals surface area contributed by atoms with Gasteiger partial charge in [-0.05, 0) is 48.9 Å². The molecule has 5 nitrogen and oxygen atoms in total. The highest BCUT2D eigenvalue weighted by molar-refractivity contribution is 6.30. The Hall–Kier alpha value is -2.53. The van der Waals surface area contributed by atoms with E-state index in [4.69, 9.17) is 21.1 Å². The Balaban J connectivity index is 1.88. The first kappa shape index (κ1) is 17.8. The molecule has 0 heterocycles. The van der Waals surface area contributed by atoms with Crippen LogP contribution < -0.4 is 10.1 Å². The van der Waals surface area contributed by atoms with Crippen LogP contribution in [0.4, 0.5) is 5.69 Å². The Morgan fingerprint density at radius 1 is 1.17 bits per heavy atom. The van der Waals surface area contributed by atoms with Crippen LogP contribution in [0.3, 0.4) is 0 Å². The van der Waals surface area contributed by atoms with E-state index >= 15 is 0 Å². The summed E-state index contributed by atoms with van der Waals surface area (Å²) in [5, 5.41) is 3.24. The highest BCUT2D eigenvalue weighted by Gasteiger charge is 2.18. The van der Waals surface area contributed by atoms with Crippen molar-refractivity contribution in [2.75, 3.05) is 12.4 Å². The second-order valence-corrected chi connectivity index (χ2v) is 5.59. The molecule has 1 atom stereocenters. The van der Waals surface area contributed by atoms with Crippen molar-refractivity contribution in [3.05, 3.63) is 59.1 Å². The van der Waals surface area contributed by atoms with Gasteiger partial charge in [0, 0.05) is 10.7 Å². The molecule has 0 bridgehead atoms. The summed E-state index contributed by atoms with van der Waals surface area (Å²) in [4.78, 5) is 24.0. The van der Waals surface area contributed by atoms with Crippen molar-refractivity contribution in [1.82, 2.24) is 0 Å². The third-order valence-electron chi connectivity index (χ3n) is 3.27. The summed E-state index contributed by atoms with van der Waals surface area (Å²) in [6.07, 6.45) is -0.839. The number of amides is 1. The summed E-state index contributed by atoms with van der Waals surface area (Å²) in [7, 11) is 1.56. The maximum Gasteiger partial charge on any atom is 0.311 e. The molecule has 0 aliphatic rings. The number of nitrogens with one attached hydrogen (secondary N) is 1. The van der Waals surface area contributed by atoms with Gasteiger partial charge >= 0.3 is 5.97 Å². The van der Waals surface area contributed by atoms with Crippen LogP contribution in [0.1, 0.15) is 12.5 Å². The molecule has 126 valence electrons. The van der Waals surface area contributed by atoms with Crippen LogP contribution in [-0.2, 0) is 20.7 Å². The molecule has 0 unspecified atom stereocenters. The number of ether oxygens (including phenoxy) is 2. The molecule has 2 rings (SSSR count). The molecule has 1 N–H and O–H groups in total. The lowest BCUT2D eigenvalue weighted by Crippen LogP contribution is -2.30. The van der Waals surface area contributed by atoms with Gasteiger partial charge < -0.3 is 14.8 Å². The zero-order valence-corrected chi connectivity index (χ0v) is 14.2. The quantitative estimate of drug-likeness (QED) is 0.813. The standard InChI is InChI=1S/C18H18ClNO4/c1-12(18(22)20-15-8-6-14(19)7-9-15)24-17(21)11-13-4-3-5-16(10-13)23-2/h3-10,12H,11H2,1-2H3,(H,20,22)/t12-/m0/s1. The van der Waals surface area contributed by atoms with E-state index in [1.807, 2.05) is 0 Å². The number of hydrogen-bond donors (Lipinski definition) is 1. The predicted molar refractivity (Wildman–Crippen MR) is 92.3 cm³/mol. The molecular formula is C18H18ClNO4. The first-order valence-electron chi connectivity index (χ1n) is 7.37. The van der Waals surface area contributed by atoms with Crippen molar-refractivity contribution < 1.29 is 19.1 Å². The van der Waals surface area contributed by atoms with Crippen molar-refractivity contribution in [3.63, 3.8) is 0 Å². The summed E-state index contributed by atoms with van der Waals surface area (Å²) in [5.74, 6) is -0.229. The van der Waals surface area contributed by atoms with Crippen LogP contribution in [0, 0.1) is 0 Å². The van der Waals surface area contributed by atoms with Gasteiger partial charge in [-0.1, -0.05) is 23.7 Å². The topological polar surface area (TPSA) is 64.6 Å². The van der Waals surface area contributed by atoms with E-state index in [1.165, 1.54) is 6.92 Å². The van der Waals surface area contributed by atoms with Crippen LogP contribution in [-0.4, -0.2) is 25.1 Å². The fourth-order valence-corrected chi connectivity index (χ4v) is 2.14. The van der Waals surface area contributed by atoms with E-state index in [0.717, 1.165) is 5.56 Å². The van der Waals surface area contributed by atoms with Gasteiger partial charge in [0.25, 0.3) is 5.91 Å². The number of anilines is 1. The van der Waals surface area contributed by atoms with Gasteiger partial charge in [0.05, 0.1) is 13.5 Å². The van der Waals surface area contributed by atoms with Gasteiger partial charge in [0.2, 0.25) is 0 Å². The zero-order chi connectivity index (χ0) is 17.5. The second-order valence-electron chi connectivity index (χ2n) is 5.16. The number of esters is 1. The fourth-order valence-electron chi connectivity index (χ4n) is 2.02. The minimum atomic E-state index is -0.904. The lowest BCUT2D eigenvalue weighted by Gasteiger charge is -2.14. The van der Waals surface area contributed by atoms with Crippen LogP contribution in [0.5, 0.6) is 5.75 Å². The van der Waals surface area contributed by atoms with Crippen molar-refractivity contribution in [3.8, 4) is 5.75 Å². The molecule has 2 aromatic rings. The number of carbonyl (C=O) groups is 2. The Bertz CT molecular complexity index is 715. The van der Waals surface area contributed by atoms with Gasteiger partial charge in [0.15, 0.2) is 6.10 Å². The third-order valence-corrected chi connectivity index (χ3v) is 3.52. The third kappa shape index (κ3) is 5.28. The molecule has 0 aliphatic carbocycles. The Labute approximate surface area is 145 Å². The first-order chi connectivity index (χ1) is 11.5. The summed E-state index contributed by atoms with van der Waals surface area (Å²) in [5.41, 5.74) is 1.34. The van der Waals surface area contributed by atoms with Crippen molar-refractivity contribution in [2.24, 2.45) is 0 Å². The van der Waals surface area contributed by atoms with Gasteiger partial charge in [-0.15, -0.1) is 0 Å². The summed E-state index contributed by atoms with van der Waals surface area (Å²) >= 11 is 5.79. The van der Waals surface area contributed by atoms with E-state index in [0.29, 0.717) is 16.5 Å². The average Bonchev–Trinajstić information content (AvgIpc) is 2.56. The molecular weight excluding hydrogens is 330 g/mol. The van der Waals surface area contributed by atoms with E-state index < -0.39 is 18.0 Å². The second kappa shape index (κ2) is 8.36. The number of benzene rings is 2. The average molecular weight is 348 g/mol. The van der Waals surface area contributed by atoms with E-state index in [9.17, 15) is 9.59 Å².